The van der Waals surface area contributed by atoms with Crippen molar-refractivity contribution in [3.8, 4) is 5.75 Å². The Morgan fingerprint density at radius 3 is 2.55 bits per heavy atom. The normalized spacial score (nSPS) is 18.2. The average Bonchev–Trinajstić information content (AvgIpc) is 2.48. The van der Waals surface area contributed by atoms with Crippen LogP contribution in [0.1, 0.15) is 43.2 Å². The van der Waals surface area contributed by atoms with E-state index in [-0.39, 0.29) is 5.54 Å². The van der Waals surface area contributed by atoms with Gasteiger partial charge in [-0.1, -0.05) is 37.0 Å². The van der Waals surface area contributed by atoms with Crippen molar-refractivity contribution < 1.29 is 4.74 Å². The highest BCUT2D eigenvalue weighted by atomic mass is 16.5. The first-order valence-electron chi connectivity index (χ1n) is 7.66. The van der Waals surface area contributed by atoms with E-state index in [1.54, 1.807) is 7.11 Å². The second kappa shape index (κ2) is 6.59. The first-order chi connectivity index (χ1) is 9.61. The standard InChI is InChI=1S/C17H28N2O/c1-14-7-8-16(20-3)15(11-14)12-19(2)17(13-18)9-5-4-6-10-17/h7-8,11H,4-6,9-10,12-13,18H2,1-3H3. The van der Waals surface area contributed by atoms with Crippen LogP contribution < -0.4 is 10.5 Å². The fourth-order valence-electron chi connectivity index (χ4n) is 3.41. The van der Waals surface area contributed by atoms with E-state index in [0.717, 1.165) is 18.8 Å². The summed E-state index contributed by atoms with van der Waals surface area (Å²) < 4.78 is 5.50. The summed E-state index contributed by atoms with van der Waals surface area (Å²) in [5.41, 5.74) is 8.83. The van der Waals surface area contributed by atoms with E-state index >= 15 is 0 Å². The van der Waals surface area contributed by atoms with Gasteiger partial charge < -0.3 is 10.5 Å². The molecule has 0 aliphatic heterocycles. The molecule has 2 N–H and O–H groups in total. The average molecular weight is 276 g/mol. The summed E-state index contributed by atoms with van der Waals surface area (Å²) in [5.74, 6) is 0.977. The molecule has 1 saturated carbocycles. The molecule has 1 aliphatic carbocycles. The second-order valence-corrected chi connectivity index (χ2v) is 6.16. The van der Waals surface area contributed by atoms with Crippen molar-refractivity contribution in [1.82, 2.24) is 4.90 Å². The molecule has 0 radical (unpaired) electrons. The van der Waals surface area contributed by atoms with Crippen LogP contribution in [-0.4, -0.2) is 31.1 Å². The van der Waals surface area contributed by atoms with Gasteiger partial charge in [-0.2, -0.15) is 0 Å². The molecule has 3 heteroatoms. The number of hydrogen-bond donors (Lipinski definition) is 1. The Morgan fingerprint density at radius 2 is 1.95 bits per heavy atom. The molecule has 2 rings (SSSR count). The van der Waals surface area contributed by atoms with Crippen LogP contribution in [0.15, 0.2) is 18.2 Å². The number of nitrogens with zero attached hydrogens (tertiary/aromatic N) is 1. The fourth-order valence-corrected chi connectivity index (χ4v) is 3.41. The van der Waals surface area contributed by atoms with Gasteiger partial charge in [0.1, 0.15) is 5.75 Å². The molecule has 1 aromatic rings. The number of rotatable bonds is 5. The van der Waals surface area contributed by atoms with Crippen LogP contribution in [0.5, 0.6) is 5.75 Å². The number of benzene rings is 1. The van der Waals surface area contributed by atoms with Crippen molar-refractivity contribution in [2.45, 2.75) is 51.1 Å². The SMILES string of the molecule is COc1ccc(C)cc1CN(C)C1(CN)CCCCC1. The van der Waals surface area contributed by atoms with Crippen molar-refractivity contribution in [2.24, 2.45) is 5.73 Å². The minimum Gasteiger partial charge on any atom is -0.496 e. The number of aryl methyl sites for hydroxylation is 1. The van der Waals surface area contributed by atoms with Gasteiger partial charge in [0.15, 0.2) is 0 Å². The smallest absolute Gasteiger partial charge is 0.123 e. The summed E-state index contributed by atoms with van der Waals surface area (Å²) in [6.45, 7) is 3.78. The highest BCUT2D eigenvalue weighted by Crippen LogP contribution is 2.34. The molecule has 0 aromatic heterocycles. The lowest BCUT2D eigenvalue weighted by Crippen LogP contribution is -2.52. The lowest BCUT2D eigenvalue weighted by Gasteiger charge is -2.44. The van der Waals surface area contributed by atoms with Gasteiger partial charge >= 0.3 is 0 Å². The van der Waals surface area contributed by atoms with Crippen molar-refractivity contribution >= 4 is 0 Å². The van der Waals surface area contributed by atoms with Gasteiger partial charge in [0.05, 0.1) is 7.11 Å². The molecular formula is C17H28N2O. The van der Waals surface area contributed by atoms with Gasteiger partial charge in [-0.3, -0.25) is 4.90 Å². The summed E-state index contributed by atoms with van der Waals surface area (Å²) in [7, 11) is 3.95. The molecule has 0 atom stereocenters. The molecule has 20 heavy (non-hydrogen) atoms. The van der Waals surface area contributed by atoms with Crippen LogP contribution >= 0.6 is 0 Å². The summed E-state index contributed by atoms with van der Waals surface area (Å²) in [5, 5.41) is 0. The Labute approximate surface area is 123 Å². The van der Waals surface area contributed by atoms with Crippen molar-refractivity contribution in [1.29, 1.82) is 0 Å². The molecule has 1 aromatic carbocycles. The lowest BCUT2D eigenvalue weighted by atomic mass is 9.80. The van der Waals surface area contributed by atoms with Gasteiger partial charge in [-0.05, 0) is 32.9 Å². The van der Waals surface area contributed by atoms with Crippen molar-refractivity contribution in [3.63, 3.8) is 0 Å². The predicted molar refractivity (Wildman–Crippen MR) is 84.1 cm³/mol. The maximum absolute atomic E-state index is 6.12. The molecule has 0 spiro atoms. The Kier molecular flexibility index (Phi) is 5.06. The van der Waals surface area contributed by atoms with Crippen molar-refractivity contribution in [3.05, 3.63) is 29.3 Å². The molecule has 0 amide bonds. The van der Waals surface area contributed by atoms with E-state index in [2.05, 4.69) is 37.1 Å². The monoisotopic (exact) mass is 276 g/mol. The fraction of sp³-hybridized carbons (Fsp3) is 0.647. The Morgan fingerprint density at radius 1 is 1.25 bits per heavy atom. The third kappa shape index (κ3) is 3.15. The zero-order valence-electron chi connectivity index (χ0n) is 13.1. The number of methoxy groups -OCH3 is 1. The number of hydrogen-bond acceptors (Lipinski definition) is 3. The number of nitrogens with two attached hydrogens (primary N) is 1. The molecule has 0 bridgehead atoms. The highest BCUT2D eigenvalue weighted by molar-refractivity contribution is 5.36. The van der Waals surface area contributed by atoms with E-state index in [1.165, 1.54) is 43.2 Å². The van der Waals surface area contributed by atoms with Gasteiger partial charge in [-0.25, -0.2) is 0 Å². The van der Waals surface area contributed by atoms with Crippen LogP contribution in [0.4, 0.5) is 0 Å². The van der Waals surface area contributed by atoms with Crippen LogP contribution in [0.25, 0.3) is 0 Å². The van der Waals surface area contributed by atoms with E-state index in [9.17, 15) is 0 Å². The number of ether oxygens (including phenoxy) is 1. The molecule has 112 valence electrons. The van der Waals surface area contributed by atoms with E-state index in [1.807, 2.05) is 0 Å². The quantitative estimate of drug-likeness (QED) is 0.898. The van der Waals surface area contributed by atoms with E-state index < -0.39 is 0 Å². The molecule has 0 saturated heterocycles. The van der Waals surface area contributed by atoms with Gasteiger partial charge in [-0.15, -0.1) is 0 Å². The summed E-state index contributed by atoms with van der Waals surface area (Å²) in [6, 6.07) is 6.39. The largest absolute Gasteiger partial charge is 0.496 e. The van der Waals surface area contributed by atoms with E-state index in [4.69, 9.17) is 10.5 Å². The molecule has 0 heterocycles. The third-order valence-electron chi connectivity index (χ3n) is 4.82. The van der Waals surface area contributed by atoms with E-state index in [0.29, 0.717) is 0 Å². The van der Waals surface area contributed by atoms with Crippen LogP contribution in [0.3, 0.4) is 0 Å². The number of likely N-dealkylation sites (N-methyl/N-ethyl adjacent to an activating group) is 1. The first kappa shape index (κ1) is 15.3. The summed E-state index contributed by atoms with van der Waals surface area (Å²) >= 11 is 0. The van der Waals surface area contributed by atoms with Crippen LogP contribution in [-0.2, 0) is 6.54 Å². The molecule has 3 nitrogen and oxygen atoms in total. The molecule has 1 fully saturated rings. The molecular weight excluding hydrogens is 248 g/mol. The van der Waals surface area contributed by atoms with Crippen LogP contribution in [0.2, 0.25) is 0 Å². The Bertz CT molecular complexity index is 439. The zero-order chi connectivity index (χ0) is 14.6. The maximum atomic E-state index is 6.12. The minimum atomic E-state index is 0.174. The summed E-state index contributed by atoms with van der Waals surface area (Å²) in [6.07, 6.45) is 6.38. The minimum absolute atomic E-state index is 0.174. The predicted octanol–water partition coefficient (Wildman–Crippen LogP) is 3.10. The topological polar surface area (TPSA) is 38.5 Å². The second-order valence-electron chi connectivity index (χ2n) is 6.16. The Balaban J connectivity index is 2.17. The maximum Gasteiger partial charge on any atom is 0.123 e. The highest BCUT2D eigenvalue weighted by Gasteiger charge is 2.34. The Hall–Kier alpha value is -1.06. The van der Waals surface area contributed by atoms with Gasteiger partial charge in [0, 0.05) is 24.2 Å². The summed E-state index contributed by atoms with van der Waals surface area (Å²) in [4.78, 5) is 2.45. The zero-order valence-corrected chi connectivity index (χ0v) is 13.1. The first-order valence-corrected chi connectivity index (χ1v) is 7.66. The molecule has 1 aliphatic rings. The van der Waals surface area contributed by atoms with Crippen LogP contribution in [0, 0.1) is 6.92 Å². The van der Waals surface area contributed by atoms with Crippen molar-refractivity contribution in [2.75, 3.05) is 20.7 Å². The third-order valence-corrected chi connectivity index (χ3v) is 4.82. The van der Waals surface area contributed by atoms with Gasteiger partial charge in [0.25, 0.3) is 0 Å². The molecule has 0 unspecified atom stereocenters. The lowest BCUT2D eigenvalue weighted by molar-refractivity contribution is 0.0751. The van der Waals surface area contributed by atoms with Gasteiger partial charge in [0.2, 0.25) is 0 Å².